The zero-order valence-corrected chi connectivity index (χ0v) is 16.3. The van der Waals surface area contributed by atoms with Crippen molar-refractivity contribution in [2.24, 2.45) is 0 Å². The van der Waals surface area contributed by atoms with E-state index in [1.807, 2.05) is 0 Å². The molecule has 0 atom stereocenters. The fourth-order valence-electron chi connectivity index (χ4n) is 0. The van der Waals surface area contributed by atoms with Gasteiger partial charge >= 0.3 is 51.2 Å². The fourth-order valence-corrected chi connectivity index (χ4v) is 0. The Morgan fingerprint density at radius 2 is 1.25 bits per heavy atom. The van der Waals surface area contributed by atoms with Crippen LogP contribution in [0, 0.1) is 0 Å². The van der Waals surface area contributed by atoms with Crippen LogP contribution in [0.15, 0.2) is 0 Å². The molecule has 0 fully saturated rings. The van der Waals surface area contributed by atoms with Crippen LogP contribution in [0.2, 0.25) is 0 Å². The Bertz CT molecular complexity index is 6.00. The number of hydrogen-bond acceptors (Lipinski definition) is 0. The molecular formula is HgI2Tl. The summed E-state index contributed by atoms with van der Waals surface area (Å²) in [5, 5.41) is 0. The van der Waals surface area contributed by atoms with E-state index in [0.717, 1.165) is 0 Å². The van der Waals surface area contributed by atoms with Gasteiger partial charge in [0.05, 0.1) is 0 Å². The summed E-state index contributed by atoms with van der Waals surface area (Å²) in [5.41, 5.74) is 0. The van der Waals surface area contributed by atoms with E-state index in [1.165, 1.54) is 0 Å². The molecule has 0 N–H and O–H groups in total. The van der Waals surface area contributed by atoms with Crippen LogP contribution < -0.4 is 0 Å². The number of halogens is 2. The van der Waals surface area contributed by atoms with Crippen LogP contribution >= 0.6 is 35.3 Å². The molecule has 0 amide bonds. The van der Waals surface area contributed by atoms with E-state index in [0.29, 0.717) is 0 Å². The van der Waals surface area contributed by atoms with Crippen molar-refractivity contribution in [3.63, 3.8) is 0 Å². The van der Waals surface area contributed by atoms with E-state index in [-0.39, 0.29) is 43.2 Å². The van der Waals surface area contributed by atoms with Gasteiger partial charge in [0.1, 0.15) is 0 Å². The molecule has 0 saturated carbocycles. The molecule has 0 aliphatic heterocycles. The molecule has 0 saturated heterocycles. The second-order valence-electron chi connectivity index (χ2n) is 0.101. The molecule has 0 spiro atoms. The van der Waals surface area contributed by atoms with Crippen LogP contribution in [0.3, 0.4) is 0 Å². The predicted octanol–water partition coefficient (Wildman–Crippen LogP) is 1.39. The summed E-state index contributed by atoms with van der Waals surface area (Å²) in [6.45, 7) is 0. The summed E-state index contributed by atoms with van der Waals surface area (Å²) in [6, 6.07) is 0. The third kappa shape index (κ3) is 9.01. The summed E-state index contributed by atoms with van der Waals surface area (Å²) in [5.74, 6) is 0. The minimum absolute atomic E-state index is 0. The Kier molecular flexibility index (Phi) is 24.7. The Morgan fingerprint density at radius 1 is 1.25 bits per heavy atom. The molecule has 0 bridgehead atoms. The Labute approximate surface area is 76.2 Å². The molecule has 4 heteroatoms. The summed E-state index contributed by atoms with van der Waals surface area (Å²) in [6.07, 6.45) is 0. The maximum absolute atomic E-state index is 2.50. The normalized spacial score (nSPS) is 2.50. The van der Waals surface area contributed by atoms with Gasteiger partial charge in [0.2, 0.25) is 0 Å². The van der Waals surface area contributed by atoms with Crippen molar-refractivity contribution in [2.45, 2.75) is 0 Å². The maximum atomic E-state index is 2.50. The molecule has 1 radical (unpaired) electrons. The minimum atomic E-state index is -0.143. The summed E-state index contributed by atoms with van der Waals surface area (Å²) < 4.78 is 0. The van der Waals surface area contributed by atoms with E-state index in [2.05, 4.69) is 35.3 Å². The van der Waals surface area contributed by atoms with Gasteiger partial charge < -0.3 is 0 Å². The Hall–Kier alpha value is 3.32. The summed E-state index contributed by atoms with van der Waals surface area (Å²) in [4.78, 5) is 0. The molecule has 0 aliphatic rings. The first kappa shape index (κ1) is 10.3. The molecule has 19 valence electrons. The van der Waals surface area contributed by atoms with Crippen LogP contribution in [-0.2, 0) is 15.9 Å². The number of hydrogen-bond donors (Lipinski definition) is 0. The van der Waals surface area contributed by atoms with E-state index in [9.17, 15) is 0 Å². The van der Waals surface area contributed by atoms with Crippen LogP contribution in [0.4, 0.5) is 0 Å². The molecule has 0 aromatic rings. The first-order chi connectivity index (χ1) is 1.41. The van der Waals surface area contributed by atoms with Crippen molar-refractivity contribution < 1.29 is 15.9 Å². The topological polar surface area (TPSA) is 0 Å². The van der Waals surface area contributed by atoms with E-state index in [4.69, 9.17) is 0 Å². The zero-order valence-electron chi connectivity index (χ0n) is 2.04. The van der Waals surface area contributed by atoms with Crippen LogP contribution in [-0.4, -0.2) is 27.3 Å². The Morgan fingerprint density at radius 3 is 1.25 bits per heavy atom. The third-order valence-electron chi connectivity index (χ3n) is 0. The van der Waals surface area contributed by atoms with Gasteiger partial charge in [-0.2, -0.15) is 0 Å². The molecule has 0 aliphatic carbocycles. The second kappa shape index (κ2) is 9.58. The summed E-state index contributed by atoms with van der Waals surface area (Å²) >= 11 is 4.85. The molecule has 4 heavy (non-hydrogen) atoms. The zero-order chi connectivity index (χ0) is 2.71. The van der Waals surface area contributed by atoms with Gasteiger partial charge in [-0.05, 0) is 0 Å². The molecule has 0 aromatic carbocycles. The Balaban J connectivity index is 0. The van der Waals surface area contributed by atoms with E-state index < -0.39 is 0 Å². The first-order valence-electron chi connectivity index (χ1n) is 0.535. The molecule has 0 heterocycles. The predicted molar refractivity (Wildman–Crippen MR) is 33.8 cm³/mol. The average molecular weight is 659 g/mol. The van der Waals surface area contributed by atoms with Gasteiger partial charge in [0.25, 0.3) is 0 Å². The minimum Gasteiger partial charge on any atom is 0 e. The van der Waals surface area contributed by atoms with Gasteiger partial charge in [-0.15, -0.1) is 0 Å². The molecule has 0 rings (SSSR count). The van der Waals surface area contributed by atoms with Crippen molar-refractivity contribution in [1.82, 2.24) is 0 Å². The van der Waals surface area contributed by atoms with Crippen molar-refractivity contribution >= 4 is 62.6 Å². The standard InChI is InChI=1S/Hg.2HI.Tl/h;2*1H;/q+2;;;/p-2. The van der Waals surface area contributed by atoms with Crippen molar-refractivity contribution in [3.05, 3.63) is 0 Å². The molecule has 0 nitrogen and oxygen atoms in total. The van der Waals surface area contributed by atoms with Gasteiger partial charge in [-0.3, -0.25) is 0 Å². The van der Waals surface area contributed by atoms with Crippen LogP contribution in [0.25, 0.3) is 0 Å². The average Bonchev–Trinajstić information content (AvgIpc) is 0.918. The first-order valence-corrected chi connectivity index (χ1v) is 31.5. The van der Waals surface area contributed by atoms with Crippen molar-refractivity contribution in [1.29, 1.82) is 0 Å². The largest absolute Gasteiger partial charge is 0 e. The smallest absolute Gasteiger partial charge is 0 e. The SMILES string of the molecule is [I][Hg][I].[Tl]. The molecule has 0 unspecified atom stereocenters. The molecule has 0 aromatic heterocycles. The van der Waals surface area contributed by atoms with Crippen molar-refractivity contribution in [3.8, 4) is 0 Å². The monoisotopic (exact) mass is 661 g/mol. The quantitative estimate of drug-likeness (QED) is 0.273. The summed E-state index contributed by atoms with van der Waals surface area (Å²) in [7, 11) is 0. The van der Waals surface area contributed by atoms with Crippen LogP contribution in [0.5, 0.6) is 0 Å². The van der Waals surface area contributed by atoms with Crippen LogP contribution in [0.1, 0.15) is 0 Å². The van der Waals surface area contributed by atoms with E-state index in [1.54, 1.807) is 0 Å². The maximum Gasteiger partial charge on any atom is 0 e. The number of rotatable bonds is 0. The fraction of sp³-hybridized carbons (Fsp3) is 0. The van der Waals surface area contributed by atoms with Gasteiger partial charge in [-0.25, -0.2) is 0 Å². The second-order valence-corrected chi connectivity index (χ2v) is 39.9. The van der Waals surface area contributed by atoms with Gasteiger partial charge in [0.15, 0.2) is 0 Å². The van der Waals surface area contributed by atoms with E-state index >= 15 is 0 Å². The van der Waals surface area contributed by atoms with Crippen molar-refractivity contribution in [2.75, 3.05) is 0 Å². The van der Waals surface area contributed by atoms with Gasteiger partial charge in [0, 0.05) is 27.3 Å². The molecular weight excluding hydrogens is 659 g/mol. The third-order valence-corrected chi connectivity index (χ3v) is 0. The van der Waals surface area contributed by atoms with Gasteiger partial charge in [-0.1, -0.05) is 0 Å².